The number of hydrogen-bond donors (Lipinski definition) is 1. The average Bonchev–Trinajstić information content (AvgIpc) is 3.22. The normalized spacial score (nSPS) is 20.7. The zero-order chi connectivity index (χ0) is 18.9. The van der Waals surface area contributed by atoms with Crippen LogP contribution in [0.1, 0.15) is 12.8 Å². The summed E-state index contributed by atoms with van der Waals surface area (Å²) in [5.41, 5.74) is 1.35. The molecule has 2 aliphatic rings. The van der Waals surface area contributed by atoms with Gasteiger partial charge < -0.3 is 19.9 Å². The number of ether oxygens (including phenoxy) is 1. The molecule has 0 radical (unpaired) electrons. The Kier molecular flexibility index (Phi) is 10.4. The van der Waals surface area contributed by atoms with Gasteiger partial charge in [-0.05, 0) is 31.5 Å². The fraction of sp³-hybridized carbons (Fsp3) is 0.667. The van der Waals surface area contributed by atoms with Crippen molar-refractivity contribution in [2.75, 3.05) is 78.0 Å². The molecule has 6 nitrogen and oxygen atoms in total. The molecule has 28 heavy (non-hydrogen) atoms. The highest BCUT2D eigenvalue weighted by molar-refractivity contribution is 14.0. The van der Waals surface area contributed by atoms with Crippen LogP contribution in [0.3, 0.4) is 0 Å². The van der Waals surface area contributed by atoms with Gasteiger partial charge in [0.25, 0.3) is 0 Å². The van der Waals surface area contributed by atoms with Crippen molar-refractivity contribution in [3.8, 4) is 0 Å². The van der Waals surface area contributed by atoms with Crippen molar-refractivity contribution in [3.05, 3.63) is 30.3 Å². The Morgan fingerprint density at radius 1 is 1.21 bits per heavy atom. The number of piperazine rings is 1. The lowest BCUT2D eigenvalue weighted by atomic mass is 10.1. The van der Waals surface area contributed by atoms with Gasteiger partial charge in [-0.25, -0.2) is 0 Å². The monoisotopic (exact) mass is 501 g/mol. The molecule has 2 aliphatic heterocycles. The van der Waals surface area contributed by atoms with Gasteiger partial charge in [0.15, 0.2) is 5.96 Å². The van der Waals surface area contributed by atoms with Gasteiger partial charge in [-0.3, -0.25) is 9.89 Å². The minimum Gasteiger partial charge on any atom is -0.381 e. The van der Waals surface area contributed by atoms with Crippen molar-refractivity contribution in [1.82, 2.24) is 15.1 Å². The number of guanidine groups is 1. The molecular formula is C21H36IN5O. The molecule has 0 amide bonds. The second-order valence-corrected chi connectivity index (χ2v) is 7.60. The van der Waals surface area contributed by atoms with E-state index in [9.17, 15) is 0 Å². The van der Waals surface area contributed by atoms with E-state index in [2.05, 4.69) is 62.4 Å². The first-order chi connectivity index (χ1) is 13.3. The first-order valence-corrected chi connectivity index (χ1v) is 10.3. The predicted octanol–water partition coefficient (Wildman–Crippen LogP) is 2.36. The van der Waals surface area contributed by atoms with Gasteiger partial charge in [-0.15, -0.1) is 24.0 Å². The van der Waals surface area contributed by atoms with E-state index < -0.39 is 0 Å². The third kappa shape index (κ3) is 7.08. The molecule has 1 aromatic carbocycles. The molecule has 1 atom stereocenters. The van der Waals surface area contributed by atoms with E-state index in [4.69, 9.17) is 4.74 Å². The van der Waals surface area contributed by atoms with Crippen molar-refractivity contribution in [2.45, 2.75) is 12.8 Å². The number of anilines is 1. The number of rotatable bonds is 7. The van der Waals surface area contributed by atoms with Crippen molar-refractivity contribution >= 4 is 35.6 Å². The Labute approximate surface area is 187 Å². The number of para-hydroxylation sites is 1. The maximum atomic E-state index is 5.48. The highest BCUT2D eigenvalue weighted by Gasteiger charge is 2.19. The van der Waals surface area contributed by atoms with Crippen LogP contribution in [0, 0.1) is 5.92 Å². The standard InChI is InChI=1S/C21H35N5O.HI/c1-22-21(24(2)17-19-9-16-27-18-19)23-10-6-11-25-12-14-26(15-13-25)20-7-4-3-5-8-20;/h3-5,7-8,19H,6,9-18H2,1-2H3,(H,22,23);1H. The van der Waals surface area contributed by atoms with Gasteiger partial charge in [0.05, 0.1) is 6.61 Å². The Morgan fingerprint density at radius 3 is 2.61 bits per heavy atom. The molecule has 0 aromatic heterocycles. The maximum Gasteiger partial charge on any atom is 0.193 e. The number of hydrogen-bond acceptors (Lipinski definition) is 4. The minimum atomic E-state index is 0. The molecule has 158 valence electrons. The summed E-state index contributed by atoms with van der Waals surface area (Å²) in [5, 5.41) is 3.52. The van der Waals surface area contributed by atoms with E-state index >= 15 is 0 Å². The number of nitrogens with zero attached hydrogens (tertiary/aromatic N) is 4. The summed E-state index contributed by atoms with van der Waals surface area (Å²) in [6.07, 6.45) is 2.31. The molecule has 2 fully saturated rings. The number of nitrogens with one attached hydrogen (secondary N) is 1. The Hall–Kier alpha value is -1.06. The zero-order valence-electron chi connectivity index (χ0n) is 17.3. The van der Waals surface area contributed by atoms with E-state index in [1.165, 1.54) is 5.69 Å². The summed E-state index contributed by atoms with van der Waals surface area (Å²) in [7, 11) is 3.99. The molecular weight excluding hydrogens is 465 g/mol. The van der Waals surface area contributed by atoms with Crippen LogP contribution in [-0.4, -0.2) is 88.9 Å². The van der Waals surface area contributed by atoms with Crippen molar-refractivity contribution in [3.63, 3.8) is 0 Å². The first-order valence-electron chi connectivity index (χ1n) is 10.3. The molecule has 7 heteroatoms. The average molecular weight is 501 g/mol. The topological polar surface area (TPSA) is 43.3 Å². The lowest BCUT2D eigenvalue weighted by Crippen LogP contribution is -2.47. The number of aliphatic imine (C=N–C) groups is 1. The summed E-state index contributed by atoms with van der Waals surface area (Å²) in [4.78, 5) is 11.7. The number of benzene rings is 1. The zero-order valence-corrected chi connectivity index (χ0v) is 19.7. The van der Waals surface area contributed by atoms with Crippen LogP contribution >= 0.6 is 24.0 Å². The second-order valence-electron chi connectivity index (χ2n) is 7.60. The van der Waals surface area contributed by atoms with E-state index in [0.29, 0.717) is 5.92 Å². The summed E-state index contributed by atoms with van der Waals surface area (Å²) in [6.45, 7) is 9.44. The molecule has 2 heterocycles. The lowest BCUT2D eigenvalue weighted by Gasteiger charge is -2.36. The summed E-state index contributed by atoms with van der Waals surface area (Å²) < 4.78 is 5.48. The van der Waals surface area contributed by atoms with Crippen LogP contribution < -0.4 is 10.2 Å². The van der Waals surface area contributed by atoms with Crippen molar-refractivity contribution in [2.24, 2.45) is 10.9 Å². The third-order valence-electron chi connectivity index (χ3n) is 5.56. The predicted molar refractivity (Wildman–Crippen MR) is 128 cm³/mol. The van der Waals surface area contributed by atoms with Crippen LogP contribution in [-0.2, 0) is 4.74 Å². The van der Waals surface area contributed by atoms with E-state index in [0.717, 1.165) is 77.8 Å². The third-order valence-corrected chi connectivity index (χ3v) is 5.56. The van der Waals surface area contributed by atoms with Crippen LogP contribution in [0.25, 0.3) is 0 Å². The maximum absolute atomic E-state index is 5.48. The molecule has 0 spiro atoms. The molecule has 2 saturated heterocycles. The van der Waals surface area contributed by atoms with Crippen molar-refractivity contribution in [1.29, 1.82) is 0 Å². The molecule has 3 rings (SSSR count). The van der Waals surface area contributed by atoms with E-state index in [1.54, 1.807) is 0 Å². The Morgan fingerprint density at radius 2 is 1.96 bits per heavy atom. The highest BCUT2D eigenvalue weighted by atomic mass is 127. The lowest BCUT2D eigenvalue weighted by molar-refractivity contribution is 0.181. The Bertz CT molecular complexity index is 571. The van der Waals surface area contributed by atoms with Gasteiger partial charge in [-0.1, -0.05) is 18.2 Å². The van der Waals surface area contributed by atoms with Crippen LogP contribution in [0.5, 0.6) is 0 Å². The van der Waals surface area contributed by atoms with E-state index in [1.807, 2.05) is 7.05 Å². The molecule has 1 N–H and O–H groups in total. The molecule has 0 saturated carbocycles. The van der Waals surface area contributed by atoms with E-state index in [-0.39, 0.29) is 24.0 Å². The van der Waals surface area contributed by atoms with Crippen LogP contribution in [0.4, 0.5) is 5.69 Å². The molecule has 1 aromatic rings. The Balaban J connectivity index is 0.00000280. The highest BCUT2D eigenvalue weighted by Crippen LogP contribution is 2.15. The van der Waals surface area contributed by atoms with Crippen molar-refractivity contribution < 1.29 is 4.74 Å². The fourth-order valence-corrected chi connectivity index (χ4v) is 3.96. The summed E-state index contributed by atoms with van der Waals surface area (Å²) in [5.74, 6) is 1.63. The number of halogens is 1. The summed E-state index contributed by atoms with van der Waals surface area (Å²) >= 11 is 0. The molecule has 0 bridgehead atoms. The summed E-state index contributed by atoms with van der Waals surface area (Å²) in [6, 6.07) is 10.7. The van der Waals surface area contributed by atoms with Crippen LogP contribution in [0.15, 0.2) is 35.3 Å². The van der Waals surface area contributed by atoms with Crippen LogP contribution in [0.2, 0.25) is 0 Å². The molecule has 0 aliphatic carbocycles. The van der Waals surface area contributed by atoms with Gasteiger partial charge in [0, 0.05) is 71.6 Å². The SMILES string of the molecule is CN=C(NCCCN1CCN(c2ccccc2)CC1)N(C)CC1CCOC1.I. The van der Waals surface area contributed by atoms with Gasteiger partial charge >= 0.3 is 0 Å². The minimum absolute atomic E-state index is 0. The second kappa shape index (κ2) is 12.5. The largest absolute Gasteiger partial charge is 0.381 e. The van der Waals surface area contributed by atoms with Gasteiger partial charge in [0.1, 0.15) is 0 Å². The fourth-order valence-electron chi connectivity index (χ4n) is 3.96. The smallest absolute Gasteiger partial charge is 0.193 e. The van der Waals surface area contributed by atoms with Gasteiger partial charge in [0.2, 0.25) is 0 Å². The quantitative estimate of drug-likeness (QED) is 0.269. The van der Waals surface area contributed by atoms with Gasteiger partial charge in [-0.2, -0.15) is 0 Å². The first kappa shape index (κ1) is 23.2. The molecule has 1 unspecified atom stereocenters.